The van der Waals surface area contributed by atoms with Crippen LogP contribution in [0.2, 0.25) is 0 Å². The molecule has 0 amide bonds. The van der Waals surface area contributed by atoms with E-state index in [1.807, 2.05) is 13.8 Å². The average Bonchev–Trinajstić information content (AvgIpc) is 2.27. The van der Waals surface area contributed by atoms with E-state index in [0.717, 1.165) is 0 Å². The highest BCUT2D eigenvalue weighted by Crippen LogP contribution is 2.31. The molecule has 90 valence electrons. The Morgan fingerprint density at radius 2 is 1.94 bits per heavy atom. The maximum Gasteiger partial charge on any atom is 0.238 e. The van der Waals surface area contributed by atoms with E-state index < -0.39 is 15.4 Å². The summed E-state index contributed by atoms with van der Waals surface area (Å²) in [5, 5.41) is 14.5. The molecule has 0 unspecified atom stereocenters. The van der Waals surface area contributed by atoms with Crippen molar-refractivity contribution in [3.05, 3.63) is 29.8 Å². The van der Waals surface area contributed by atoms with Gasteiger partial charge in [-0.2, -0.15) is 0 Å². The summed E-state index contributed by atoms with van der Waals surface area (Å²) in [5.41, 5.74) is -0.00856. The summed E-state index contributed by atoms with van der Waals surface area (Å²) in [6.07, 6.45) is 0.635. The van der Waals surface area contributed by atoms with E-state index in [2.05, 4.69) is 0 Å². The first-order valence-electron chi connectivity index (χ1n) is 5.08. The summed E-state index contributed by atoms with van der Waals surface area (Å²) in [5.74, 6) is 0. The second-order valence-corrected chi connectivity index (χ2v) is 5.64. The van der Waals surface area contributed by atoms with Crippen LogP contribution in [0.3, 0.4) is 0 Å². The molecule has 3 N–H and O–H groups in total. The number of aliphatic hydroxyl groups is 1. The fraction of sp³-hybridized carbons (Fsp3) is 0.455. The van der Waals surface area contributed by atoms with Crippen molar-refractivity contribution in [3.63, 3.8) is 0 Å². The Morgan fingerprint density at radius 1 is 1.38 bits per heavy atom. The van der Waals surface area contributed by atoms with Crippen LogP contribution in [0.1, 0.15) is 25.8 Å². The van der Waals surface area contributed by atoms with Gasteiger partial charge >= 0.3 is 0 Å². The molecule has 1 atom stereocenters. The molecule has 5 heteroatoms. The topological polar surface area (TPSA) is 80.4 Å². The first kappa shape index (κ1) is 13.2. The molecule has 1 rings (SSSR count). The molecule has 16 heavy (non-hydrogen) atoms. The van der Waals surface area contributed by atoms with E-state index in [-0.39, 0.29) is 11.5 Å². The van der Waals surface area contributed by atoms with Crippen LogP contribution in [-0.4, -0.2) is 20.1 Å². The monoisotopic (exact) mass is 243 g/mol. The molecule has 0 aliphatic carbocycles. The van der Waals surface area contributed by atoms with Crippen molar-refractivity contribution >= 4 is 10.0 Å². The lowest BCUT2D eigenvalue weighted by Gasteiger charge is -2.28. The minimum absolute atomic E-state index is 0.0911. The fourth-order valence-corrected chi connectivity index (χ4v) is 2.49. The Balaban J connectivity index is 3.46. The van der Waals surface area contributed by atoms with Gasteiger partial charge in [0.1, 0.15) is 0 Å². The van der Waals surface area contributed by atoms with Crippen molar-refractivity contribution in [1.29, 1.82) is 0 Å². The molecule has 0 bridgehead atoms. The van der Waals surface area contributed by atoms with Gasteiger partial charge in [0.2, 0.25) is 10.0 Å². The summed E-state index contributed by atoms with van der Waals surface area (Å²) < 4.78 is 22.9. The van der Waals surface area contributed by atoms with E-state index in [1.54, 1.807) is 18.2 Å². The predicted molar refractivity (Wildman–Crippen MR) is 62.5 cm³/mol. The third kappa shape index (κ3) is 2.42. The SMILES string of the molecule is CC[C@@](C)(CO)c1ccccc1S(N)(=O)=O. The Morgan fingerprint density at radius 3 is 2.38 bits per heavy atom. The fourth-order valence-electron chi connectivity index (χ4n) is 1.60. The van der Waals surface area contributed by atoms with Gasteiger partial charge in [0.05, 0.1) is 11.5 Å². The number of sulfonamides is 1. The van der Waals surface area contributed by atoms with E-state index in [9.17, 15) is 13.5 Å². The van der Waals surface area contributed by atoms with Gasteiger partial charge in [0, 0.05) is 5.41 Å². The van der Waals surface area contributed by atoms with Crippen molar-refractivity contribution in [2.24, 2.45) is 5.14 Å². The van der Waals surface area contributed by atoms with Gasteiger partial charge in [-0.3, -0.25) is 0 Å². The number of hydrogen-bond acceptors (Lipinski definition) is 3. The standard InChI is InChI=1S/C11H17NO3S/c1-3-11(2,8-13)9-6-4-5-7-10(9)16(12,14)15/h4-7,13H,3,8H2,1-2H3,(H2,12,14,15)/t11-/m0/s1. The van der Waals surface area contributed by atoms with Gasteiger partial charge in [0.15, 0.2) is 0 Å². The van der Waals surface area contributed by atoms with Crippen LogP contribution in [-0.2, 0) is 15.4 Å². The molecule has 0 aliphatic rings. The summed E-state index contributed by atoms with van der Waals surface area (Å²) in [4.78, 5) is 0.0911. The van der Waals surface area contributed by atoms with Gasteiger partial charge in [-0.1, -0.05) is 32.0 Å². The number of rotatable bonds is 4. The molecule has 0 heterocycles. The maximum absolute atomic E-state index is 11.4. The Hall–Kier alpha value is -0.910. The largest absolute Gasteiger partial charge is 0.395 e. The van der Waals surface area contributed by atoms with Crippen molar-refractivity contribution < 1.29 is 13.5 Å². The van der Waals surface area contributed by atoms with Crippen molar-refractivity contribution in [3.8, 4) is 0 Å². The quantitative estimate of drug-likeness (QED) is 0.827. The first-order chi connectivity index (χ1) is 7.35. The second-order valence-electron chi connectivity index (χ2n) is 4.11. The first-order valence-corrected chi connectivity index (χ1v) is 6.63. The molecule has 0 aliphatic heterocycles. The molecule has 0 spiro atoms. The number of benzene rings is 1. The van der Waals surface area contributed by atoms with Gasteiger partial charge in [-0.05, 0) is 18.1 Å². The zero-order valence-corrected chi connectivity index (χ0v) is 10.3. The predicted octanol–water partition coefficient (Wildman–Crippen LogP) is 0.994. The summed E-state index contributed by atoms with van der Waals surface area (Å²) in [6.45, 7) is 3.60. The molecule has 0 saturated carbocycles. The summed E-state index contributed by atoms with van der Waals surface area (Å²) >= 11 is 0. The molecule has 0 aromatic heterocycles. The van der Waals surface area contributed by atoms with Crippen molar-refractivity contribution in [1.82, 2.24) is 0 Å². The van der Waals surface area contributed by atoms with Crippen LogP contribution in [0.5, 0.6) is 0 Å². The van der Waals surface area contributed by atoms with Crippen LogP contribution in [0, 0.1) is 0 Å². The number of aliphatic hydroxyl groups excluding tert-OH is 1. The number of hydrogen-bond donors (Lipinski definition) is 2. The van der Waals surface area contributed by atoms with Gasteiger partial charge < -0.3 is 5.11 Å². The van der Waals surface area contributed by atoms with Crippen molar-refractivity contribution in [2.75, 3.05) is 6.61 Å². The highest BCUT2D eigenvalue weighted by Gasteiger charge is 2.29. The normalized spacial score (nSPS) is 15.8. The van der Waals surface area contributed by atoms with E-state index >= 15 is 0 Å². The molecule has 4 nitrogen and oxygen atoms in total. The van der Waals surface area contributed by atoms with Crippen LogP contribution in [0.25, 0.3) is 0 Å². The van der Waals surface area contributed by atoms with E-state index in [0.29, 0.717) is 12.0 Å². The lowest BCUT2D eigenvalue weighted by atomic mass is 9.81. The highest BCUT2D eigenvalue weighted by atomic mass is 32.2. The number of nitrogens with two attached hydrogens (primary N) is 1. The van der Waals surface area contributed by atoms with Gasteiger partial charge in [0.25, 0.3) is 0 Å². The van der Waals surface area contributed by atoms with Gasteiger partial charge in [-0.15, -0.1) is 0 Å². The van der Waals surface area contributed by atoms with Crippen LogP contribution >= 0.6 is 0 Å². The third-order valence-corrected chi connectivity index (χ3v) is 3.94. The molecule has 0 fully saturated rings. The minimum atomic E-state index is -3.75. The number of primary sulfonamides is 1. The van der Waals surface area contributed by atoms with Crippen molar-refractivity contribution in [2.45, 2.75) is 30.6 Å². The molecular formula is C11H17NO3S. The second kappa shape index (κ2) is 4.53. The van der Waals surface area contributed by atoms with Gasteiger partial charge in [-0.25, -0.2) is 13.6 Å². The molecular weight excluding hydrogens is 226 g/mol. The summed E-state index contributed by atoms with van der Waals surface area (Å²) in [7, 11) is -3.75. The van der Waals surface area contributed by atoms with Crippen LogP contribution in [0.15, 0.2) is 29.2 Å². The van der Waals surface area contributed by atoms with Crippen LogP contribution in [0.4, 0.5) is 0 Å². The Kier molecular flexibility index (Phi) is 3.72. The van der Waals surface area contributed by atoms with E-state index in [1.165, 1.54) is 6.07 Å². The Bertz CT molecular complexity index is 464. The van der Waals surface area contributed by atoms with Crippen LogP contribution < -0.4 is 5.14 Å². The lowest BCUT2D eigenvalue weighted by molar-refractivity contribution is 0.199. The summed E-state index contributed by atoms with van der Waals surface area (Å²) in [6, 6.07) is 6.53. The lowest BCUT2D eigenvalue weighted by Crippen LogP contribution is -2.29. The highest BCUT2D eigenvalue weighted by molar-refractivity contribution is 7.89. The molecule has 1 aromatic rings. The third-order valence-electron chi connectivity index (χ3n) is 2.97. The molecule has 1 aromatic carbocycles. The molecule has 0 saturated heterocycles. The zero-order chi connectivity index (χ0) is 12.4. The molecule has 0 radical (unpaired) electrons. The Labute approximate surface area is 96.2 Å². The van der Waals surface area contributed by atoms with E-state index in [4.69, 9.17) is 5.14 Å². The smallest absolute Gasteiger partial charge is 0.238 e. The average molecular weight is 243 g/mol. The zero-order valence-electron chi connectivity index (χ0n) is 9.47. The maximum atomic E-state index is 11.4. The minimum Gasteiger partial charge on any atom is -0.395 e.